The van der Waals surface area contributed by atoms with Crippen LogP contribution in [0.15, 0.2) is 30.3 Å². The number of Topliss-reactive ketones (excluding diaryl/α,β-unsaturated/α-hetero) is 1. The molecule has 0 aliphatic heterocycles. The van der Waals surface area contributed by atoms with Gasteiger partial charge >= 0.3 is 0 Å². The Kier molecular flexibility index (Phi) is 13.3. The van der Waals surface area contributed by atoms with Gasteiger partial charge in [0.1, 0.15) is 58.4 Å². The Labute approximate surface area is 314 Å². The number of benzene rings is 5. The SMILES string of the molecule is CC[S+](C)CC(=O)c1ccccc1.Fc1c(F)c(F)c([B-](c2c(F)c(F)c(F)c(F)c2F)(c2c(F)c(F)c(F)c(F)c2F)c2c(F)c(F)c(F)c(F)c2F)c(F)c1F. The maximum absolute atomic E-state index is 15.4. The summed E-state index contributed by atoms with van der Waals surface area (Å²) in [5.41, 5.74) is -13.5. The number of rotatable bonds is 8. The lowest BCUT2D eigenvalue weighted by molar-refractivity contribution is 0.102. The molecule has 0 aliphatic carbocycles. The van der Waals surface area contributed by atoms with Gasteiger partial charge in [0.15, 0.2) is 75.6 Å². The Morgan fingerprint density at radius 3 is 0.810 bits per heavy atom. The summed E-state index contributed by atoms with van der Waals surface area (Å²) in [5, 5.41) is 0. The van der Waals surface area contributed by atoms with E-state index in [1.165, 1.54) is 0 Å². The number of carbonyl (C=O) groups is 1. The molecular formula is C35H15BF20OS. The minimum absolute atomic E-state index is 0.243. The van der Waals surface area contributed by atoms with Gasteiger partial charge < -0.3 is 0 Å². The zero-order valence-electron chi connectivity index (χ0n) is 28.3. The van der Waals surface area contributed by atoms with Crippen LogP contribution in [0, 0.1) is 116 Å². The molecule has 1 unspecified atom stereocenters. The van der Waals surface area contributed by atoms with Gasteiger partial charge in [-0.3, -0.25) is 4.79 Å². The average molecular weight is 874 g/mol. The van der Waals surface area contributed by atoms with E-state index in [0.29, 0.717) is 5.75 Å². The molecule has 1 atom stereocenters. The molecule has 0 N–H and O–H groups in total. The van der Waals surface area contributed by atoms with Gasteiger partial charge in [-0.2, -0.15) is 0 Å². The zero-order valence-corrected chi connectivity index (χ0v) is 29.1. The number of hydrogen-bond acceptors (Lipinski definition) is 1. The van der Waals surface area contributed by atoms with Crippen molar-refractivity contribution in [1.82, 2.24) is 0 Å². The molecule has 0 fully saturated rings. The third-order valence-corrected chi connectivity index (χ3v) is 10.4. The Morgan fingerprint density at radius 1 is 0.397 bits per heavy atom. The largest absolute Gasteiger partial charge is 0.289 e. The third-order valence-electron chi connectivity index (χ3n) is 8.67. The van der Waals surface area contributed by atoms with Crippen LogP contribution in [0.3, 0.4) is 0 Å². The second kappa shape index (κ2) is 16.9. The lowest BCUT2D eigenvalue weighted by Crippen LogP contribution is -2.81. The summed E-state index contributed by atoms with van der Waals surface area (Å²) in [4.78, 5) is 11.6. The topological polar surface area (TPSA) is 17.1 Å². The summed E-state index contributed by atoms with van der Waals surface area (Å²) < 4.78 is 294. The first kappa shape index (κ1) is 45.5. The average Bonchev–Trinajstić information content (AvgIpc) is 3.21. The minimum atomic E-state index is -7.22. The van der Waals surface area contributed by atoms with Crippen molar-refractivity contribution < 1.29 is 92.6 Å². The second-order valence-corrected chi connectivity index (χ2v) is 14.2. The van der Waals surface area contributed by atoms with E-state index in [9.17, 15) is 57.5 Å². The second-order valence-electron chi connectivity index (χ2n) is 11.8. The molecule has 23 heteroatoms. The van der Waals surface area contributed by atoms with E-state index >= 15 is 35.1 Å². The van der Waals surface area contributed by atoms with E-state index in [2.05, 4.69) is 13.2 Å². The summed E-state index contributed by atoms with van der Waals surface area (Å²) in [6.07, 6.45) is -5.08. The van der Waals surface area contributed by atoms with Gasteiger partial charge in [-0.1, -0.05) is 30.3 Å². The van der Waals surface area contributed by atoms with Crippen molar-refractivity contribution in [1.29, 1.82) is 0 Å². The van der Waals surface area contributed by atoms with Crippen LogP contribution in [0.1, 0.15) is 17.3 Å². The fourth-order valence-corrected chi connectivity index (χ4v) is 6.73. The molecule has 0 radical (unpaired) electrons. The summed E-state index contributed by atoms with van der Waals surface area (Å²) in [7, 11) is 0.243. The molecule has 310 valence electrons. The third kappa shape index (κ3) is 7.14. The quantitative estimate of drug-likeness (QED) is 0.0387. The molecule has 0 amide bonds. The molecular weight excluding hydrogens is 859 g/mol. The molecule has 0 aliphatic rings. The highest BCUT2D eigenvalue weighted by Crippen LogP contribution is 2.30. The van der Waals surface area contributed by atoms with Crippen LogP contribution in [0.2, 0.25) is 0 Å². The highest BCUT2D eigenvalue weighted by atomic mass is 32.2. The van der Waals surface area contributed by atoms with E-state index < -0.39 is 144 Å². The Bertz CT molecular complexity index is 2080. The van der Waals surface area contributed by atoms with Crippen LogP contribution < -0.4 is 21.9 Å². The first-order valence-electron chi connectivity index (χ1n) is 15.3. The standard InChI is InChI=1S/C24BF20.C11H15OS/c26-5-1(6(27)14(35)21(42)13(5)34)25(2-7(28)15(36)22(43)16(37)8(2)29,3-9(30)17(38)23(44)18(39)10(3)31)4-11(32)19(40)24(45)20(41)12(4)33;1-3-13(2)9-11(12)10-7-5-4-6-8-10/h;4-8H,3,9H2,1-2H3/q-1;+1. The summed E-state index contributed by atoms with van der Waals surface area (Å²) >= 11 is 0. The molecule has 5 rings (SSSR count). The summed E-state index contributed by atoms with van der Waals surface area (Å²) in [6.45, 7) is 2.13. The maximum Gasteiger partial charge on any atom is 0.211 e. The molecule has 0 heterocycles. The molecule has 1 nitrogen and oxygen atoms in total. The molecule has 0 aromatic heterocycles. The van der Waals surface area contributed by atoms with Gasteiger partial charge in [-0.05, 0) is 17.8 Å². The van der Waals surface area contributed by atoms with Crippen LogP contribution >= 0.6 is 0 Å². The molecule has 0 saturated heterocycles. The maximum atomic E-state index is 15.4. The molecule has 5 aromatic carbocycles. The molecule has 5 aromatic rings. The first-order chi connectivity index (χ1) is 26.9. The zero-order chi connectivity index (χ0) is 44.0. The van der Waals surface area contributed by atoms with Crippen molar-refractivity contribution in [3.05, 3.63) is 152 Å². The normalized spacial score (nSPS) is 12.1. The Hall–Kier alpha value is -5.22. The smallest absolute Gasteiger partial charge is 0.211 e. The monoisotopic (exact) mass is 874 g/mol. The van der Waals surface area contributed by atoms with E-state index in [4.69, 9.17) is 0 Å². The molecule has 0 bridgehead atoms. The Balaban J connectivity index is 0.000000486. The van der Waals surface area contributed by atoms with Crippen LogP contribution in [-0.2, 0) is 10.9 Å². The summed E-state index contributed by atoms with van der Waals surface area (Å²) in [6, 6.07) is 9.52. The van der Waals surface area contributed by atoms with E-state index in [1.807, 2.05) is 30.3 Å². The fraction of sp³-hybridized carbons (Fsp3) is 0.114. The number of halogens is 20. The van der Waals surface area contributed by atoms with Gasteiger partial charge in [-0.25, -0.2) is 87.8 Å². The molecule has 58 heavy (non-hydrogen) atoms. The van der Waals surface area contributed by atoms with E-state index in [0.717, 1.165) is 11.3 Å². The van der Waals surface area contributed by atoms with Crippen molar-refractivity contribution in [3.63, 3.8) is 0 Å². The van der Waals surface area contributed by atoms with E-state index in [1.54, 1.807) is 0 Å². The van der Waals surface area contributed by atoms with Crippen molar-refractivity contribution in [2.75, 3.05) is 17.8 Å². The first-order valence-corrected chi connectivity index (χ1v) is 17.3. The summed E-state index contributed by atoms with van der Waals surface area (Å²) in [5.74, 6) is -69.3. The van der Waals surface area contributed by atoms with Crippen LogP contribution in [0.5, 0.6) is 0 Å². The van der Waals surface area contributed by atoms with Crippen molar-refractivity contribution >= 4 is 44.7 Å². The van der Waals surface area contributed by atoms with E-state index in [-0.39, 0.29) is 16.7 Å². The van der Waals surface area contributed by atoms with Gasteiger partial charge in [-0.15, -0.1) is 21.9 Å². The van der Waals surface area contributed by atoms with Gasteiger partial charge in [0.25, 0.3) is 0 Å². The number of hydrogen-bond donors (Lipinski definition) is 0. The molecule has 0 saturated carbocycles. The number of ketones is 1. The van der Waals surface area contributed by atoms with Crippen molar-refractivity contribution in [2.45, 2.75) is 6.92 Å². The van der Waals surface area contributed by atoms with Crippen molar-refractivity contribution in [3.8, 4) is 0 Å². The van der Waals surface area contributed by atoms with Crippen LogP contribution in [-0.4, -0.2) is 29.7 Å². The lowest BCUT2D eigenvalue weighted by Gasteiger charge is -2.44. The highest BCUT2D eigenvalue weighted by molar-refractivity contribution is 7.96. The van der Waals surface area contributed by atoms with Crippen molar-refractivity contribution in [2.24, 2.45) is 0 Å². The van der Waals surface area contributed by atoms with Gasteiger partial charge in [0.2, 0.25) is 5.78 Å². The van der Waals surface area contributed by atoms with Gasteiger partial charge in [0.05, 0.1) is 6.26 Å². The Morgan fingerprint density at radius 2 is 0.603 bits per heavy atom. The minimum Gasteiger partial charge on any atom is -0.289 e. The lowest BCUT2D eigenvalue weighted by atomic mass is 9.12. The van der Waals surface area contributed by atoms with Crippen LogP contribution in [0.25, 0.3) is 0 Å². The van der Waals surface area contributed by atoms with Gasteiger partial charge in [0, 0.05) is 5.56 Å². The molecule has 0 spiro atoms. The highest BCUT2D eigenvalue weighted by Gasteiger charge is 2.52. The van der Waals surface area contributed by atoms with Crippen LogP contribution in [0.4, 0.5) is 87.8 Å². The number of carbonyl (C=O) groups excluding carboxylic acids is 1. The fourth-order valence-electron chi connectivity index (χ4n) is 5.91. The predicted octanol–water partition coefficient (Wildman–Crippen LogP) is 7.98. The predicted molar refractivity (Wildman–Crippen MR) is 169 cm³/mol.